The van der Waals surface area contributed by atoms with Crippen molar-refractivity contribution in [3.05, 3.63) is 52.2 Å². The highest BCUT2D eigenvalue weighted by molar-refractivity contribution is 6.30. The van der Waals surface area contributed by atoms with E-state index in [4.69, 9.17) is 11.6 Å². The molecule has 0 saturated heterocycles. The molecule has 2 rings (SSSR count). The second kappa shape index (κ2) is 5.15. The number of halogens is 1. The predicted molar refractivity (Wildman–Crippen MR) is 70.3 cm³/mol. The average Bonchev–Trinajstić information content (AvgIpc) is 2.36. The van der Waals surface area contributed by atoms with Crippen molar-refractivity contribution in [1.82, 2.24) is 10.2 Å². The Labute approximate surface area is 106 Å². The highest BCUT2D eigenvalue weighted by atomic mass is 35.5. The lowest BCUT2D eigenvalue weighted by Gasteiger charge is -2.10. The van der Waals surface area contributed by atoms with Crippen LogP contribution in [-0.4, -0.2) is 10.2 Å². The largest absolute Gasteiger partial charge is 0.364 e. The maximum atomic E-state index is 5.90. The fourth-order valence-electron chi connectivity index (χ4n) is 1.53. The minimum atomic E-state index is 0.466. The van der Waals surface area contributed by atoms with E-state index in [-0.39, 0.29) is 0 Å². The van der Waals surface area contributed by atoms with Gasteiger partial charge in [-0.3, -0.25) is 0 Å². The molecule has 0 spiro atoms. The Morgan fingerprint density at radius 1 is 1.06 bits per heavy atom. The first kappa shape index (κ1) is 11.9. The van der Waals surface area contributed by atoms with Crippen LogP contribution in [0.3, 0.4) is 0 Å². The molecule has 17 heavy (non-hydrogen) atoms. The Hall–Kier alpha value is -1.61. The Bertz CT molecular complexity index is 512. The predicted octanol–water partition coefficient (Wildman–Crippen LogP) is 3.36. The van der Waals surface area contributed by atoms with Crippen molar-refractivity contribution in [3.63, 3.8) is 0 Å². The molecule has 0 bridgehead atoms. The number of nitrogens with one attached hydrogen (secondary N) is 1. The van der Waals surface area contributed by atoms with Crippen molar-refractivity contribution in [2.75, 3.05) is 5.32 Å². The molecule has 4 heteroatoms. The molecular formula is C13H14ClN3. The van der Waals surface area contributed by atoms with Gasteiger partial charge in [0, 0.05) is 6.54 Å². The number of hydrogen-bond donors (Lipinski definition) is 1. The number of nitrogens with zero attached hydrogens (tertiary/aromatic N) is 2. The number of anilines is 1. The summed E-state index contributed by atoms with van der Waals surface area (Å²) in [5.74, 6) is 0.788. The van der Waals surface area contributed by atoms with Crippen molar-refractivity contribution < 1.29 is 0 Å². The van der Waals surface area contributed by atoms with E-state index in [1.54, 1.807) is 0 Å². The summed E-state index contributed by atoms with van der Waals surface area (Å²) in [6.45, 7) is 4.67. The van der Waals surface area contributed by atoms with E-state index >= 15 is 0 Å². The zero-order chi connectivity index (χ0) is 12.3. The summed E-state index contributed by atoms with van der Waals surface area (Å²) in [6, 6.07) is 10.2. The first-order chi connectivity index (χ1) is 8.18. The Kier molecular flexibility index (Phi) is 3.59. The summed E-state index contributed by atoms with van der Waals surface area (Å²) in [4.78, 5) is 0. The lowest BCUT2D eigenvalue weighted by Crippen LogP contribution is -2.05. The number of hydrogen-bond acceptors (Lipinski definition) is 3. The van der Waals surface area contributed by atoms with E-state index in [9.17, 15) is 0 Å². The van der Waals surface area contributed by atoms with Gasteiger partial charge in [0.1, 0.15) is 0 Å². The minimum absolute atomic E-state index is 0.466. The summed E-state index contributed by atoms with van der Waals surface area (Å²) in [5, 5.41) is 11.7. The Morgan fingerprint density at radius 3 is 2.47 bits per heavy atom. The van der Waals surface area contributed by atoms with E-state index < -0.39 is 0 Å². The molecule has 0 aliphatic rings. The molecule has 2 aromatic rings. The molecule has 1 aromatic heterocycles. The fourth-order valence-corrected chi connectivity index (χ4v) is 1.71. The van der Waals surface area contributed by atoms with Crippen LogP contribution in [-0.2, 0) is 6.54 Å². The first-order valence-corrected chi connectivity index (χ1v) is 5.83. The zero-order valence-electron chi connectivity index (χ0n) is 9.87. The van der Waals surface area contributed by atoms with E-state index in [1.807, 2.05) is 32.0 Å². The van der Waals surface area contributed by atoms with Gasteiger partial charge in [-0.05, 0) is 30.5 Å². The molecule has 1 heterocycles. The molecule has 1 N–H and O–H groups in total. The van der Waals surface area contributed by atoms with Gasteiger partial charge in [0.2, 0.25) is 0 Å². The maximum Gasteiger partial charge on any atom is 0.155 e. The second-order valence-corrected chi connectivity index (χ2v) is 4.29. The fraction of sp³-hybridized carbons (Fsp3) is 0.231. The van der Waals surface area contributed by atoms with Crippen LogP contribution in [0.5, 0.6) is 0 Å². The van der Waals surface area contributed by atoms with Crippen molar-refractivity contribution >= 4 is 17.4 Å². The number of rotatable bonds is 3. The molecule has 3 nitrogen and oxygen atoms in total. The van der Waals surface area contributed by atoms with E-state index in [1.165, 1.54) is 5.56 Å². The topological polar surface area (TPSA) is 37.8 Å². The van der Waals surface area contributed by atoms with Gasteiger partial charge in [-0.1, -0.05) is 41.9 Å². The SMILES string of the molecule is Cc1c(Cl)nnc(NCc2ccccc2)c1C. The van der Waals surface area contributed by atoms with Crippen LogP contribution < -0.4 is 5.32 Å². The summed E-state index contributed by atoms with van der Waals surface area (Å²) >= 11 is 5.90. The van der Waals surface area contributed by atoms with Crippen LogP contribution in [0.2, 0.25) is 5.15 Å². The highest BCUT2D eigenvalue weighted by Gasteiger charge is 2.07. The molecule has 0 unspecified atom stereocenters. The molecule has 0 aliphatic heterocycles. The third kappa shape index (κ3) is 2.74. The standard InChI is InChI=1S/C13H14ClN3/c1-9-10(2)13(17-16-12(9)14)15-8-11-6-4-3-5-7-11/h3-7H,8H2,1-2H3,(H,15,17). The van der Waals surface area contributed by atoms with Crippen molar-refractivity contribution in [2.24, 2.45) is 0 Å². The summed E-state index contributed by atoms with van der Waals surface area (Å²) in [7, 11) is 0. The van der Waals surface area contributed by atoms with Gasteiger partial charge < -0.3 is 5.32 Å². The third-order valence-electron chi connectivity index (χ3n) is 2.77. The Balaban J connectivity index is 2.13. The van der Waals surface area contributed by atoms with Gasteiger partial charge in [-0.15, -0.1) is 10.2 Å². The first-order valence-electron chi connectivity index (χ1n) is 5.45. The average molecular weight is 248 g/mol. The molecule has 0 saturated carbocycles. The zero-order valence-corrected chi connectivity index (χ0v) is 10.6. The third-order valence-corrected chi connectivity index (χ3v) is 3.13. The van der Waals surface area contributed by atoms with Crippen LogP contribution in [0.15, 0.2) is 30.3 Å². The lowest BCUT2D eigenvalue weighted by atomic mass is 10.2. The van der Waals surface area contributed by atoms with Gasteiger partial charge in [-0.25, -0.2) is 0 Å². The van der Waals surface area contributed by atoms with Crippen molar-refractivity contribution in [3.8, 4) is 0 Å². The van der Waals surface area contributed by atoms with E-state index in [2.05, 4.69) is 27.6 Å². The number of benzene rings is 1. The van der Waals surface area contributed by atoms with Gasteiger partial charge in [-0.2, -0.15) is 0 Å². The van der Waals surface area contributed by atoms with Crippen molar-refractivity contribution in [1.29, 1.82) is 0 Å². The maximum absolute atomic E-state index is 5.90. The normalized spacial score (nSPS) is 10.3. The second-order valence-electron chi connectivity index (χ2n) is 3.93. The lowest BCUT2D eigenvalue weighted by molar-refractivity contribution is 0.971. The van der Waals surface area contributed by atoms with Crippen molar-refractivity contribution in [2.45, 2.75) is 20.4 Å². The van der Waals surface area contributed by atoms with Gasteiger partial charge in [0.05, 0.1) is 0 Å². The number of aromatic nitrogens is 2. The van der Waals surface area contributed by atoms with E-state index in [0.717, 1.165) is 23.5 Å². The Morgan fingerprint density at radius 2 is 1.76 bits per heavy atom. The summed E-state index contributed by atoms with van der Waals surface area (Å²) in [6.07, 6.45) is 0. The molecule has 1 aromatic carbocycles. The van der Waals surface area contributed by atoms with E-state index in [0.29, 0.717) is 5.15 Å². The summed E-state index contributed by atoms with van der Waals surface area (Å²) < 4.78 is 0. The molecule has 0 amide bonds. The van der Waals surface area contributed by atoms with Gasteiger partial charge >= 0.3 is 0 Å². The molecule has 0 radical (unpaired) electrons. The molecule has 0 fully saturated rings. The molecule has 88 valence electrons. The van der Waals surface area contributed by atoms with Crippen LogP contribution in [0.25, 0.3) is 0 Å². The minimum Gasteiger partial charge on any atom is -0.364 e. The van der Waals surface area contributed by atoms with Crippen LogP contribution in [0.1, 0.15) is 16.7 Å². The van der Waals surface area contributed by atoms with Crippen LogP contribution >= 0.6 is 11.6 Å². The quantitative estimate of drug-likeness (QED) is 0.904. The van der Waals surface area contributed by atoms with Gasteiger partial charge in [0.15, 0.2) is 11.0 Å². The smallest absolute Gasteiger partial charge is 0.155 e. The molecule has 0 aliphatic carbocycles. The summed E-state index contributed by atoms with van der Waals surface area (Å²) in [5.41, 5.74) is 3.22. The van der Waals surface area contributed by atoms with Crippen LogP contribution in [0, 0.1) is 13.8 Å². The highest BCUT2D eigenvalue weighted by Crippen LogP contribution is 2.20. The molecule has 0 atom stereocenters. The van der Waals surface area contributed by atoms with Crippen LogP contribution in [0.4, 0.5) is 5.82 Å². The van der Waals surface area contributed by atoms with Gasteiger partial charge in [0.25, 0.3) is 0 Å². The monoisotopic (exact) mass is 247 g/mol. The molecular weight excluding hydrogens is 234 g/mol.